The molecule has 0 saturated carbocycles. The van der Waals surface area contributed by atoms with Gasteiger partial charge in [0.25, 0.3) is 0 Å². The first kappa shape index (κ1) is 13.8. The minimum atomic E-state index is -0.266. The molecule has 0 atom stereocenters. The average Bonchev–Trinajstić information content (AvgIpc) is 2.13. The zero-order valence-corrected chi connectivity index (χ0v) is 11.2. The van der Waals surface area contributed by atoms with Crippen molar-refractivity contribution in [1.29, 1.82) is 0 Å². The van der Waals surface area contributed by atoms with Crippen molar-refractivity contribution in [3.63, 3.8) is 0 Å². The summed E-state index contributed by atoms with van der Waals surface area (Å²) in [6.07, 6.45) is 0. The Balaban J connectivity index is 2.94. The summed E-state index contributed by atoms with van der Waals surface area (Å²) in [5.74, 6) is 0.814. The van der Waals surface area contributed by atoms with Gasteiger partial charge < -0.3 is 10.6 Å². The maximum Gasteiger partial charge on any atom is 0.127 e. The first-order valence-electron chi connectivity index (χ1n) is 6.19. The van der Waals surface area contributed by atoms with Gasteiger partial charge in [0.2, 0.25) is 0 Å². The first-order valence-corrected chi connectivity index (χ1v) is 6.19. The summed E-state index contributed by atoms with van der Waals surface area (Å²) in [6.45, 7) is 10.5. The highest BCUT2D eigenvalue weighted by Gasteiger charge is 2.12. The van der Waals surface area contributed by atoms with Gasteiger partial charge in [0, 0.05) is 24.5 Å². The van der Waals surface area contributed by atoms with Gasteiger partial charge in [0.15, 0.2) is 0 Å². The van der Waals surface area contributed by atoms with Crippen molar-refractivity contribution in [3.05, 3.63) is 24.0 Å². The second-order valence-corrected chi connectivity index (χ2v) is 5.44. The topological polar surface area (TPSA) is 29.3 Å². The lowest BCUT2D eigenvalue weighted by atomic mass is 10.1. The van der Waals surface area contributed by atoms with Crippen molar-refractivity contribution in [3.8, 4) is 0 Å². The van der Waals surface area contributed by atoms with Crippen LogP contribution in [0.15, 0.2) is 18.2 Å². The standard InChI is InChI=1S/C14H23FN2/c1-10(2)8-17(9-11(3)4)14-6-12(15)5-13(16)7-14/h5-7,10-11H,8-9,16H2,1-4H3. The molecule has 0 heterocycles. The Morgan fingerprint density at radius 3 is 2.00 bits per heavy atom. The zero-order valence-electron chi connectivity index (χ0n) is 11.2. The van der Waals surface area contributed by atoms with E-state index in [-0.39, 0.29) is 5.82 Å². The minimum absolute atomic E-state index is 0.266. The molecule has 0 unspecified atom stereocenters. The van der Waals surface area contributed by atoms with Gasteiger partial charge >= 0.3 is 0 Å². The van der Waals surface area contributed by atoms with Crippen LogP contribution in [0.4, 0.5) is 15.8 Å². The number of hydrogen-bond acceptors (Lipinski definition) is 2. The lowest BCUT2D eigenvalue weighted by Gasteiger charge is -2.28. The SMILES string of the molecule is CC(C)CN(CC(C)C)c1cc(N)cc(F)c1. The van der Waals surface area contributed by atoms with Crippen LogP contribution in [0, 0.1) is 17.7 Å². The molecule has 2 nitrogen and oxygen atoms in total. The first-order chi connectivity index (χ1) is 7.88. The normalized spacial score (nSPS) is 11.2. The van der Waals surface area contributed by atoms with Crippen molar-refractivity contribution in [2.24, 2.45) is 11.8 Å². The van der Waals surface area contributed by atoms with Crippen LogP contribution >= 0.6 is 0 Å². The van der Waals surface area contributed by atoms with E-state index in [9.17, 15) is 4.39 Å². The fourth-order valence-electron chi connectivity index (χ4n) is 1.95. The average molecular weight is 238 g/mol. The van der Waals surface area contributed by atoms with Crippen molar-refractivity contribution in [2.45, 2.75) is 27.7 Å². The van der Waals surface area contributed by atoms with Gasteiger partial charge in [0.1, 0.15) is 5.82 Å². The van der Waals surface area contributed by atoms with Crippen LogP contribution < -0.4 is 10.6 Å². The number of benzene rings is 1. The molecule has 0 aliphatic carbocycles. The van der Waals surface area contributed by atoms with Crippen LogP contribution in [0.25, 0.3) is 0 Å². The number of nitrogens with two attached hydrogens (primary N) is 1. The van der Waals surface area contributed by atoms with E-state index in [1.807, 2.05) is 6.07 Å². The van der Waals surface area contributed by atoms with E-state index < -0.39 is 0 Å². The molecule has 1 aromatic rings. The largest absolute Gasteiger partial charge is 0.399 e. The van der Waals surface area contributed by atoms with Crippen molar-refractivity contribution < 1.29 is 4.39 Å². The third-order valence-corrected chi connectivity index (χ3v) is 2.44. The lowest BCUT2D eigenvalue weighted by molar-refractivity contribution is 0.550. The number of anilines is 2. The second-order valence-electron chi connectivity index (χ2n) is 5.44. The van der Waals surface area contributed by atoms with E-state index >= 15 is 0 Å². The Labute approximate surface area is 104 Å². The summed E-state index contributed by atoms with van der Waals surface area (Å²) < 4.78 is 13.4. The van der Waals surface area contributed by atoms with Gasteiger partial charge in [-0.1, -0.05) is 27.7 Å². The van der Waals surface area contributed by atoms with E-state index in [1.54, 1.807) is 6.07 Å². The molecule has 17 heavy (non-hydrogen) atoms. The van der Waals surface area contributed by atoms with E-state index in [0.717, 1.165) is 18.8 Å². The minimum Gasteiger partial charge on any atom is -0.399 e. The van der Waals surface area contributed by atoms with Crippen LogP contribution in [0.5, 0.6) is 0 Å². The van der Waals surface area contributed by atoms with Crippen molar-refractivity contribution in [1.82, 2.24) is 0 Å². The number of rotatable bonds is 5. The molecule has 1 aromatic carbocycles. The molecule has 96 valence electrons. The number of nitrogen functional groups attached to an aromatic ring is 1. The van der Waals surface area contributed by atoms with Crippen LogP contribution in [0.1, 0.15) is 27.7 Å². The smallest absolute Gasteiger partial charge is 0.127 e. The Bertz CT molecular complexity index is 331. The van der Waals surface area contributed by atoms with Gasteiger partial charge in [-0.15, -0.1) is 0 Å². The number of halogens is 1. The Morgan fingerprint density at radius 1 is 1.06 bits per heavy atom. The lowest BCUT2D eigenvalue weighted by Crippen LogP contribution is -2.31. The third-order valence-electron chi connectivity index (χ3n) is 2.44. The van der Waals surface area contributed by atoms with E-state index in [4.69, 9.17) is 5.73 Å². The molecule has 0 aromatic heterocycles. The predicted molar refractivity (Wildman–Crippen MR) is 72.7 cm³/mol. The molecule has 0 amide bonds. The van der Waals surface area contributed by atoms with Crippen molar-refractivity contribution >= 4 is 11.4 Å². The maximum atomic E-state index is 13.4. The molecule has 0 bridgehead atoms. The zero-order chi connectivity index (χ0) is 13.0. The molecule has 0 fully saturated rings. The third kappa shape index (κ3) is 4.63. The Hall–Kier alpha value is -1.25. The molecule has 3 heteroatoms. The molecular formula is C14H23FN2. The van der Waals surface area contributed by atoms with Gasteiger partial charge in [-0.05, 0) is 30.0 Å². The van der Waals surface area contributed by atoms with Gasteiger partial charge in [0.05, 0.1) is 0 Å². The Kier molecular flexibility index (Phi) is 4.79. The highest BCUT2D eigenvalue weighted by molar-refractivity contribution is 5.56. The molecule has 2 N–H and O–H groups in total. The molecule has 0 saturated heterocycles. The summed E-state index contributed by atoms with van der Waals surface area (Å²) in [5.41, 5.74) is 7.06. The highest BCUT2D eigenvalue weighted by Crippen LogP contribution is 2.22. The van der Waals surface area contributed by atoms with E-state index in [0.29, 0.717) is 17.5 Å². The van der Waals surface area contributed by atoms with Gasteiger partial charge in [-0.3, -0.25) is 0 Å². The maximum absolute atomic E-state index is 13.4. The summed E-state index contributed by atoms with van der Waals surface area (Å²) in [6, 6.07) is 4.75. The molecule has 0 aliphatic heterocycles. The number of nitrogens with zero attached hydrogens (tertiary/aromatic N) is 1. The molecule has 1 rings (SSSR count). The monoisotopic (exact) mass is 238 g/mol. The number of hydrogen-bond donors (Lipinski definition) is 1. The van der Waals surface area contributed by atoms with Crippen LogP contribution in [0.2, 0.25) is 0 Å². The summed E-state index contributed by atoms with van der Waals surface area (Å²) >= 11 is 0. The molecule has 0 aliphatic rings. The highest BCUT2D eigenvalue weighted by atomic mass is 19.1. The summed E-state index contributed by atoms with van der Waals surface area (Å²) in [5, 5.41) is 0. The Morgan fingerprint density at radius 2 is 1.59 bits per heavy atom. The summed E-state index contributed by atoms with van der Waals surface area (Å²) in [7, 11) is 0. The van der Waals surface area contributed by atoms with Crippen molar-refractivity contribution in [2.75, 3.05) is 23.7 Å². The van der Waals surface area contributed by atoms with Gasteiger partial charge in [-0.2, -0.15) is 0 Å². The van der Waals surface area contributed by atoms with E-state index in [1.165, 1.54) is 6.07 Å². The quantitative estimate of drug-likeness (QED) is 0.795. The van der Waals surface area contributed by atoms with Crippen LogP contribution in [0.3, 0.4) is 0 Å². The van der Waals surface area contributed by atoms with Crippen LogP contribution in [-0.2, 0) is 0 Å². The molecule has 0 radical (unpaired) electrons. The van der Waals surface area contributed by atoms with Gasteiger partial charge in [-0.25, -0.2) is 4.39 Å². The summed E-state index contributed by atoms with van der Waals surface area (Å²) in [4.78, 5) is 2.20. The van der Waals surface area contributed by atoms with Crippen LogP contribution in [-0.4, -0.2) is 13.1 Å². The predicted octanol–water partition coefficient (Wildman–Crippen LogP) is 3.53. The van der Waals surface area contributed by atoms with E-state index in [2.05, 4.69) is 32.6 Å². The fraction of sp³-hybridized carbons (Fsp3) is 0.571. The second kappa shape index (κ2) is 5.89. The molecular weight excluding hydrogens is 215 g/mol. The molecule has 0 spiro atoms. The fourth-order valence-corrected chi connectivity index (χ4v) is 1.95.